The van der Waals surface area contributed by atoms with Gasteiger partial charge in [-0.2, -0.15) is 0 Å². The highest BCUT2D eigenvalue weighted by atomic mass is 32.2. The molecule has 2 aliphatic heterocycles. The molecule has 0 aliphatic carbocycles. The van der Waals surface area contributed by atoms with Gasteiger partial charge in [-0.3, -0.25) is 4.21 Å². The van der Waals surface area contributed by atoms with E-state index in [1.807, 2.05) is 36.4 Å². The maximum absolute atomic E-state index is 13.1. The van der Waals surface area contributed by atoms with Crippen molar-refractivity contribution in [3.05, 3.63) is 42.5 Å². The van der Waals surface area contributed by atoms with Crippen LogP contribution in [-0.2, 0) is 21.6 Å². The van der Waals surface area contributed by atoms with Crippen LogP contribution in [0.3, 0.4) is 0 Å². The summed E-state index contributed by atoms with van der Waals surface area (Å²) in [6.07, 6.45) is 6.58. The van der Waals surface area contributed by atoms with Crippen molar-refractivity contribution in [2.75, 3.05) is 31.3 Å². The fourth-order valence-electron chi connectivity index (χ4n) is 4.16. The summed E-state index contributed by atoms with van der Waals surface area (Å²) in [5.41, 5.74) is 1.96. The predicted molar refractivity (Wildman–Crippen MR) is 112 cm³/mol. The zero-order chi connectivity index (χ0) is 19.0. The van der Waals surface area contributed by atoms with Gasteiger partial charge in [0.2, 0.25) is 0 Å². The molecular formula is C21H26N2O2S2. The molecule has 2 aliphatic rings. The lowest BCUT2D eigenvalue weighted by Crippen LogP contribution is -2.39. The first-order valence-corrected chi connectivity index (χ1v) is 12.2. The number of para-hydroxylation sites is 1. The Hall–Kier alpha value is -1.50. The molecule has 27 heavy (non-hydrogen) atoms. The third kappa shape index (κ3) is 3.62. The van der Waals surface area contributed by atoms with Crippen LogP contribution in [0.4, 0.5) is 11.4 Å². The highest BCUT2D eigenvalue weighted by molar-refractivity contribution is 7.85. The number of nitrogens with zero attached hydrogens (tertiary/aromatic N) is 2. The van der Waals surface area contributed by atoms with Crippen LogP contribution in [0.5, 0.6) is 0 Å². The number of likely N-dealkylation sites (tertiary alicyclic amines) is 1. The van der Waals surface area contributed by atoms with Gasteiger partial charge in [0.05, 0.1) is 32.0 Å². The van der Waals surface area contributed by atoms with E-state index in [-0.39, 0.29) is 0 Å². The van der Waals surface area contributed by atoms with Crippen molar-refractivity contribution in [2.24, 2.45) is 0 Å². The van der Waals surface area contributed by atoms with Gasteiger partial charge in [0.25, 0.3) is 0 Å². The molecule has 0 spiro atoms. The van der Waals surface area contributed by atoms with Crippen LogP contribution in [0, 0.1) is 0 Å². The first-order chi connectivity index (χ1) is 13.1. The van der Waals surface area contributed by atoms with E-state index < -0.39 is 21.6 Å². The summed E-state index contributed by atoms with van der Waals surface area (Å²) in [4.78, 5) is 7.22. The fraction of sp³-hybridized carbons (Fsp3) is 0.429. The maximum Gasteiger partial charge on any atom is 0.0892 e. The van der Waals surface area contributed by atoms with Crippen LogP contribution in [0.1, 0.15) is 25.7 Å². The minimum atomic E-state index is -1.20. The monoisotopic (exact) mass is 402 g/mol. The summed E-state index contributed by atoms with van der Waals surface area (Å²) >= 11 is 0. The average Bonchev–Trinajstić information content (AvgIpc) is 2.68. The molecule has 0 radical (unpaired) electrons. The largest absolute Gasteiger partial charge is 0.339 e. The fourth-order valence-corrected chi connectivity index (χ4v) is 6.05. The Morgan fingerprint density at radius 1 is 1.11 bits per heavy atom. The lowest BCUT2D eigenvalue weighted by atomic mass is 9.99. The van der Waals surface area contributed by atoms with Gasteiger partial charge >= 0.3 is 0 Å². The van der Waals surface area contributed by atoms with Gasteiger partial charge in [0.15, 0.2) is 0 Å². The van der Waals surface area contributed by atoms with Crippen LogP contribution in [-0.4, -0.2) is 45.8 Å². The van der Waals surface area contributed by atoms with E-state index in [4.69, 9.17) is 0 Å². The smallest absolute Gasteiger partial charge is 0.0892 e. The molecule has 2 aromatic rings. The number of hydrogen-bond donors (Lipinski definition) is 0. The number of anilines is 2. The first-order valence-electron chi connectivity index (χ1n) is 9.52. The SMILES string of the molecule is CN1CCCCC1CCN1c2ccccc2S(=O)c2ccc(S(C)=O)cc21. The molecule has 4 rings (SSSR count). The molecule has 0 bridgehead atoms. The van der Waals surface area contributed by atoms with Crippen LogP contribution >= 0.6 is 0 Å². The molecule has 1 saturated heterocycles. The Labute approximate surface area is 166 Å². The summed E-state index contributed by atoms with van der Waals surface area (Å²) < 4.78 is 25.1. The first kappa shape index (κ1) is 18.8. The van der Waals surface area contributed by atoms with Crippen LogP contribution in [0.15, 0.2) is 57.2 Å². The van der Waals surface area contributed by atoms with Gasteiger partial charge in [-0.05, 0) is 63.2 Å². The summed E-state index contributed by atoms with van der Waals surface area (Å²) in [5.74, 6) is 0. The van der Waals surface area contributed by atoms with Gasteiger partial charge in [0, 0.05) is 34.5 Å². The lowest BCUT2D eigenvalue weighted by Gasteiger charge is -2.37. The Kier molecular flexibility index (Phi) is 5.48. The number of rotatable bonds is 4. The minimum Gasteiger partial charge on any atom is -0.339 e. The summed E-state index contributed by atoms with van der Waals surface area (Å²) in [7, 11) is -0.0398. The summed E-state index contributed by atoms with van der Waals surface area (Å²) in [6, 6.07) is 14.2. The molecule has 0 aromatic heterocycles. The topological polar surface area (TPSA) is 40.6 Å². The Morgan fingerprint density at radius 2 is 1.89 bits per heavy atom. The molecule has 6 heteroatoms. The predicted octanol–water partition coefficient (Wildman–Crippen LogP) is 3.92. The molecule has 0 saturated carbocycles. The highest BCUT2D eigenvalue weighted by Crippen LogP contribution is 2.42. The second-order valence-corrected chi connectivity index (χ2v) is 10.2. The molecule has 1 fully saturated rings. The molecule has 0 amide bonds. The average molecular weight is 403 g/mol. The summed E-state index contributed by atoms with van der Waals surface area (Å²) in [6.45, 7) is 2.04. The van der Waals surface area contributed by atoms with Crippen molar-refractivity contribution in [1.29, 1.82) is 0 Å². The minimum absolute atomic E-state index is 0.588. The second-order valence-electron chi connectivity index (χ2n) is 7.39. The van der Waals surface area contributed by atoms with Crippen LogP contribution < -0.4 is 4.90 Å². The lowest BCUT2D eigenvalue weighted by molar-refractivity contribution is 0.178. The van der Waals surface area contributed by atoms with Crippen LogP contribution in [0.25, 0.3) is 0 Å². The zero-order valence-electron chi connectivity index (χ0n) is 15.9. The van der Waals surface area contributed by atoms with Gasteiger partial charge in [-0.1, -0.05) is 18.6 Å². The third-order valence-corrected chi connectivity index (χ3v) is 8.12. The Bertz CT molecular complexity index is 900. The van der Waals surface area contributed by atoms with Crippen molar-refractivity contribution >= 4 is 33.0 Å². The molecule has 144 valence electrons. The van der Waals surface area contributed by atoms with Crippen LogP contribution in [0.2, 0.25) is 0 Å². The Morgan fingerprint density at radius 3 is 2.67 bits per heavy atom. The molecular weight excluding hydrogens is 376 g/mol. The molecule has 0 N–H and O–H groups in total. The molecule has 4 nitrogen and oxygen atoms in total. The van der Waals surface area contributed by atoms with Crippen molar-refractivity contribution in [3.8, 4) is 0 Å². The second kappa shape index (κ2) is 7.86. The van der Waals surface area contributed by atoms with Gasteiger partial charge in [0.1, 0.15) is 0 Å². The van der Waals surface area contributed by atoms with E-state index in [0.29, 0.717) is 6.04 Å². The van der Waals surface area contributed by atoms with E-state index in [1.54, 1.807) is 6.26 Å². The van der Waals surface area contributed by atoms with Crippen molar-refractivity contribution in [3.63, 3.8) is 0 Å². The number of benzene rings is 2. The number of hydrogen-bond acceptors (Lipinski definition) is 4. The third-order valence-electron chi connectivity index (χ3n) is 5.72. The van der Waals surface area contributed by atoms with Crippen molar-refractivity contribution < 1.29 is 8.42 Å². The van der Waals surface area contributed by atoms with E-state index in [1.165, 1.54) is 25.8 Å². The standard InChI is InChI=1S/C21H26N2O2S2/c1-22-13-6-5-7-16(22)12-14-23-18-8-3-4-9-20(18)27(25)21-11-10-17(26(2)24)15-19(21)23/h3-4,8-11,15-16H,5-7,12-14H2,1-2H3. The normalized spacial score (nSPS) is 23.6. The molecule has 2 heterocycles. The molecule has 3 unspecified atom stereocenters. The van der Waals surface area contributed by atoms with Crippen molar-refractivity contribution in [2.45, 2.75) is 46.4 Å². The quantitative estimate of drug-likeness (QED) is 0.777. The van der Waals surface area contributed by atoms with Crippen molar-refractivity contribution in [1.82, 2.24) is 4.90 Å². The van der Waals surface area contributed by atoms with Gasteiger partial charge in [-0.15, -0.1) is 0 Å². The molecule has 2 aromatic carbocycles. The summed E-state index contributed by atoms with van der Waals surface area (Å²) in [5, 5.41) is 0. The van der Waals surface area contributed by atoms with E-state index in [9.17, 15) is 8.42 Å². The van der Waals surface area contributed by atoms with Gasteiger partial charge in [-0.25, -0.2) is 4.21 Å². The van der Waals surface area contributed by atoms with E-state index >= 15 is 0 Å². The Balaban J connectivity index is 1.71. The molecule has 3 atom stereocenters. The number of fused-ring (bicyclic) bond motifs is 2. The number of piperidine rings is 1. The maximum atomic E-state index is 13.1. The van der Waals surface area contributed by atoms with E-state index in [0.717, 1.165) is 39.0 Å². The van der Waals surface area contributed by atoms with Gasteiger partial charge < -0.3 is 9.80 Å². The zero-order valence-corrected chi connectivity index (χ0v) is 17.5. The van der Waals surface area contributed by atoms with E-state index in [2.05, 4.69) is 22.9 Å². The highest BCUT2D eigenvalue weighted by Gasteiger charge is 2.29.